The number of pyridine rings is 2. The zero-order valence-electron chi connectivity index (χ0n) is 21.0. The lowest BCUT2D eigenvalue weighted by molar-refractivity contribution is 0.102. The van der Waals surface area contributed by atoms with E-state index in [2.05, 4.69) is 9.97 Å². The lowest BCUT2D eigenvalue weighted by Crippen LogP contribution is -2.10. The lowest BCUT2D eigenvalue weighted by Gasteiger charge is -2.16. The van der Waals surface area contributed by atoms with Crippen LogP contribution in [-0.4, -0.2) is 27.8 Å². The number of nitrogens with zero attached hydrogens (tertiary/aromatic N) is 2. The number of rotatable bonds is 7. The second-order valence-corrected chi connectivity index (χ2v) is 9.09. The van der Waals surface area contributed by atoms with Crippen molar-refractivity contribution in [3.05, 3.63) is 143 Å². The maximum atomic E-state index is 13.8. The number of aldehydes is 1. The Bertz CT molecular complexity index is 1680. The third kappa shape index (κ3) is 4.82. The van der Waals surface area contributed by atoms with Gasteiger partial charge in [0.1, 0.15) is 17.7 Å². The molecule has 5 rings (SSSR count). The summed E-state index contributed by atoms with van der Waals surface area (Å²) in [5, 5.41) is 0. The average Bonchev–Trinajstić information content (AvgIpc) is 2.97. The van der Waals surface area contributed by atoms with Gasteiger partial charge >= 0.3 is 0 Å². The van der Waals surface area contributed by atoms with E-state index in [4.69, 9.17) is 0 Å². The number of carbonyl (C=O) groups is 3. The SMILES string of the molecule is Cc1ccc(-c2ccc(-c3ccc(C)c(C=O)c3)cc2C(=O)c2ccccn2)c(C(=O)c2ccccn2)c1. The second-order valence-electron chi connectivity index (χ2n) is 9.09. The van der Waals surface area contributed by atoms with E-state index in [9.17, 15) is 14.4 Å². The molecule has 2 aromatic heterocycles. The Kier molecular flexibility index (Phi) is 6.83. The summed E-state index contributed by atoms with van der Waals surface area (Å²) in [5.74, 6) is -0.485. The van der Waals surface area contributed by atoms with E-state index in [-0.39, 0.29) is 11.6 Å². The summed E-state index contributed by atoms with van der Waals surface area (Å²) in [7, 11) is 0. The molecule has 0 fully saturated rings. The van der Waals surface area contributed by atoms with Crippen molar-refractivity contribution in [1.29, 1.82) is 0 Å². The van der Waals surface area contributed by atoms with Crippen LogP contribution in [0.15, 0.2) is 103 Å². The smallest absolute Gasteiger partial charge is 0.211 e. The molecule has 0 radical (unpaired) electrons. The van der Waals surface area contributed by atoms with Crippen LogP contribution in [0.2, 0.25) is 0 Å². The molecule has 2 heterocycles. The molecule has 5 aromatic rings. The van der Waals surface area contributed by atoms with Crippen LogP contribution in [-0.2, 0) is 0 Å². The molecule has 5 heteroatoms. The molecular formula is C33H24N2O3. The molecule has 0 aliphatic heterocycles. The Morgan fingerprint density at radius 3 is 1.76 bits per heavy atom. The van der Waals surface area contributed by atoms with E-state index in [1.165, 1.54) is 0 Å². The highest BCUT2D eigenvalue weighted by Gasteiger charge is 2.22. The number of benzene rings is 3. The van der Waals surface area contributed by atoms with Gasteiger partial charge in [0.2, 0.25) is 11.6 Å². The first-order chi connectivity index (χ1) is 18.5. The van der Waals surface area contributed by atoms with Gasteiger partial charge in [-0.1, -0.05) is 54.1 Å². The zero-order valence-corrected chi connectivity index (χ0v) is 21.0. The molecule has 0 amide bonds. The third-order valence-corrected chi connectivity index (χ3v) is 6.51. The van der Waals surface area contributed by atoms with E-state index < -0.39 is 0 Å². The molecule has 0 N–H and O–H groups in total. The molecule has 3 aromatic carbocycles. The van der Waals surface area contributed by atoms with Crippen molar-refractivity contribution in [2.75, 3.05) is 0 Å². The van der Waals surface area contributed by atoms with Crippen LogP contribution in [0.3, 0.4) is 0 Å². The minimum Gasteiger partial charge on any atom is -0.298 e. The van der Waals surface area contributed by atoms with Gasteiger partial charge in [0.15, 0.2) is 0 Å². The standard InChI is InChI=1S/C33H24N2O3/c1-21-9-13-26(28(17-21)32(37)30-7-3-5-15-34-30)27-14-12-24(23-11-10-22(2)25(18-23)20-36)19-29(27)33(38)31-8-4-6-16-35-31/h3-20H,1-2H3. The number of hydrogen-bond donors (Lipinski definition) is 0. The summed E-state index contributed by atoms with van der Waals surface area (Å²) in [6.07, 6.45) is 3.99. The summed E-state index contributed by atoms with van der Waals surface area (Å²) in [5.41, 5.74) is 6.73. The Morgan fingerprint density at radius 2 is 1.18 bits per heavy atom. The highest BCUT2D eigenvalue weighted by atomic mass is 16.1. The van der Waals surface area contributed by atoms with Crippen LogP contribution >= 0.6 is 0 Å². The van der Waals surface area contributed by atoms with Crippen molar-refractivity contribution in [3.8, 4) is 22.3 Å². The molecule has 184 valence electrons. The molecule has 0 atom stereocenters. The summed E-state index contributed by atoms with van der Waals surface area (Å²) in [6, 6.07) is 27.2. The fourth-order valence-electron chi connectivity index (χ4n) is 4.44. The normalized spacial score (nSPS) is 10.7. The van der Waals surface area contributed by atoms with Crippen LogP contribution in [0.1, 0.15) is 53.6 Å². The monoisotopic (exact) mass is 496 g/mol. The predicted octanol–water partition coefficient (Wildman–Crippen LogP) is 6.70. The van der Waals surface area contributed by atoms with Crippen molar-refractivity contribution in [2.24, 2.45) is 0 Å². The number of aryl methyl sites for hydroxylation is 2. The molecular weight excluding hydrogens is 472 g/mol. The van der Waals surface area contributed by atoms with E-state index in [1.54, 1.807) is 54.9 Å². The van der Waals surface area contributed by atoms with Gasteiger partial charge < -0.3 is 0 Å². The number of aromatic nitrogens is 2. The van der Waals surface area contributed by atoms with Gasteiger partial charge in [-0.15, -0.1) is 0 Å². The molecule has 5 nitrogen and oxygen atoms in total. The Morgan fingerprint density at radius 1 is 0.632 bits per heavy atom. The van der Waals surface area contributed by atoms with Gasteiger partial charge in [-0.25, -0.2) is 0 Å². The molecule has 0 spiro atoms. The van der Waals surface area contributed by atoms with Crippen molar-refractivity contribution in [1.82, 2.24) is 9.97 Å². The topological polar surface area (TPSA) is 77.0 Å². The van der Waals surface area contributed by atoms with E-state index in [0.29, 0.717) is 39.2 Å². The first-order valence-electron chi connectivity index (χ1n) is 12.2. The molecule has 0 bridgehead atoms. The minimum atomic E-state index is -0.262. The molecule has 0 aliphatic carbocycles. The number of hydrogen-bond acceptors (Lipinski definition) is 5. The Balaban J connectivity index is 1.72. The van der Waals surface area contributed by atoms with Gasteiger partial charge in [-0.2, -0.15) is 0 Å². The average molecular weight is 497 g/mol. The quantitative estimate of drug-likeness (QED) is 0.185. The van der Waals surface area contributed by atoms with Gasteiger partial charge in [-0.3, -0.25) is 24.4 Å². The summed E-state index contributed by atoms with van der Waals surface area (Å²) >= 11 is 0. The zero-order chi connectivity index (χ0) is 26.6. The highest BCUT2D eigenvalue weighted by molar-refractivity contribution is 6.16. The number of ketones is 2. The van der Waals surface area contributed by atoms with Crippen molar-refractivity contribution >= 4 is 17.9 Å². The van der Waals surface area contributed by atoms with Crippen LogP contribution in [0.4, 0.5) is 0 Å². The fraction of sp³-hybridized carbons (Fsp3) is 0.0606. The van der Waals surface area contributed by atoms with Crippen molar-refractivity contribution in [2.45, 2.75) is 13.8 Å². The first-order valence-corrected chi connectivity index (χ1v) is 12.2. The van der Waals surface area contributed by atoms with Gasteiger partial charge in [0.05, 0.1) is 0 Å². The van der Waals surface area contributed by atoms with E-state index >= 15 is 0 Å². The van der Waals surface area contributed by atoms with Gasteiger partial charge in [0.25, 0.3) is 0 Å². The van der Waals surface area contributed by atoms with Crippen LogP contribution in [0.25, 0.3) is 22.3 Å². The lowest BCUT2D eigenvalue weighted by atomic mass is 9.87. The fourth-order valence-corrected chi connectivity index (χ4v) is 4.44. The van der Waals surface area contributed by atoms with Gasteiger partial charge in [0, 0.05) is 29.1 Å². The third-order valence-electron chi connectivity index (χ3n) is 6.51. The second kappa shape index (κ2) is 10.5. The summed E-state index contributed by atoms with van der Waals surface area (Å²) < 4.78 is 0. The van der Waals surface area contributed by atoms with Crippen molar-refractivity contribution < 1.29 is 14.4 Å². The van der Waals surface area contributed by atoms with Crippen molar-refractivity contribution in [3.63, 3.8) is 0 Å². The predicted molar refractivity (Wildman–Crippen MR) is 148 cm³/mol. The van der Waals surface area contributed by atoms with Crippen LogP contribution < -0.4 is 0 Å². The molecule has 0 aliphatic rings. The summed E-state index contributed by atoms with van der Waals surface area (Å²) in [6.45, 7) is 3.80. The minimum absolute atomic E-state index is 0.223. The van der Waals surface area contributed by atoms with Crippen LogP contribution in [0, 0.1) is 13.8 Å². The largest absolute Gasteiger partial charge is 0.298 e. The van der Waals surface area contributed by atoms with E-state index in [1.807, 2.05) is 62.4 Å². The summed E-state index contributed by atoms with van der Waals surface area (Å²) in [4.78, 5) is 47.4. The first kappa shape index (κ1) is 24.7. The molecule has 0 saturated heterocycles. The number of carbonyl (C=O) groups excluding carboxylic acids is 3. The molecule has 0 saturated carbocycles. The Labute approximate surface area is 220 Å². The van der Waals surface area contributed by atoms with Gasteiger partial charge in [-0.05, 0) is 84.1 Å². The maximum absolute atomic E-state index is 13.8. The molecule has 38 heavy (non-hydrogen) atoms. The maximum Gasteiger partial charge on any atom is 0.211 e. The Hall–Kier alpha value is -5.03. The molecule has 0 unspecified atom stereocenters. The van der Waals surface area contributed by atoms with Crippen LogP contribution in [0.5, 0.6) is 0 Å². The van der Waals surface area contributed by atoms with E-state index in [0.717, 1.165) is 28.5 Å². The highest BCUT2D eigenvalue weighted by Crippen LogP contribution is 2.34.